The first-order chi connectivity index (χ1) is 5.65. The van der Waals surface area contributed by atoms with Crippen molar-refractivity contribution < 1.29 is 4.39 Å². The van der Waals surface area contributed by atoms with Gasteiger partial charge in [0.15, 0.2) is 0 Å². The fourth-order valence-corrected chi connectivity index (χ4v) is 1.48. The molecule has 1 aromatic rings. The summed E-state index contributed by atoms with van der Waals surface area (Å²) >= 11 is 8.81. The standard InChI is InChI=1S/C9H9BrClF/c1-6(5-11)8-3-2-7(10)4-9(8)12/h2-4,6H,5H2,1H3. The molecule has 0 radical (unpaired) electrons. The lowest BCUT2D eigenvalue weighted by atomic mass is 10.0. The molecular weight excluding hydrogens is 242 g/mol. The number of benzene rings is 1. The smallest absolute Gasteiger partial charge is 0.127 e. The van der Waals surface area contributed by atoms with Gasteiger partial charge in [0, 0.05) is 10.4 Å². The molecule has 0 heterocycles. The Hall–Kier alpha value is -0.0800. The Kier molecular flexibility index (Phi) is 3.53. The number of hydrogen-bond acceptors (Lipinski definition) is 0. The van der Waals surface area contributed by atoms with Crippen LogP contribution in [0.25, 0.3) is 0 Å². The van der Waals surface area contributed by atoms with Crippen molar-refractivity contribution in [3.63, 3.8) is 0 Å². The molecule has 1 rings (SSSR count). The van der Waals surface area contributed by atoms with E-state index in [-0.39, 0.29) is 11.7 Å². The minimum absolute atomic E-state index is 0.0692. The van der Waals surface area contributed by atoms with Gasteiger partial charge in [-0.05, 0) is 23.6 Å². The molecule has 0 aliphatic heterocycles. The minimum atomic E-state index is -0.197. The average molecular weight is 252 g/mol. The molecule has 0 fully saturated rings. The van der Waals surface area contributed by atoms with Crippen LogP contribution in [0.5, 0.6) is 0 Å². The molecule has 12 heavy (non-hydrogen) atoms. The van der Waals surface area contributed by atoms with Crippen molar-refractivity contribution in [1.29, 1.82) is 0 Å². The molecule has 0 saturated carbocycles. The van der Waals surface area contributed by atoms with Gasteiger partial charge in [0.05, 0.1) is 0 Å². The quantitative estimate of drug-likeness (QED) is 0.699. The highest BCUT2D eigenvalue weighted by atomic mass is 79.9. The summed E-state index contributed by atoms with van der Waals surface area (Å²) in [5.41, 5.74) is 0.674. The predicted molar refractivity (Wildman–Crippen MR) is 53.2 cm³/mol. The Bertz CT molecular complexity index is 275. The zero-order valence-corrected chi connectivity index (χ0v) is 8.99. The van der Waals surface area contributed by atoms with Crippen molar-refractivity contribution in [2.24, 2.45) is 0 Å². The van der Waals surface area contributed by atoms with Crippen molar-refractivity contribution in [2.75, 3.05) is 5.88 Å². The van der Waals surface area contributed by atoms with Gasteiger partial charge in [-0.3, -0.25) is 0 Å². The zero-order valence-electron chi connectivity index (χ0n) is 6.65. The van der Waals surface area contributed by atoms with Crippen LogP contribution in [0.3, 0.4) is 0 Å². The van der Waals surface area contributed by atoms with Gasteiger partial charge >= 0.3 is 0 Å². The van der Waals surface area contributed by atoms with E-state index in [4.69, 9.17) is 11.6 Å². The Morgan fingerprint density at radius 3 is 2.75 bits per heavy atom. The monoisotopic (exact) mass is 250 g/mol. The van der Waals surface area contributed by atoms with E-state index in [1.165, 1.54) is 6.07 Å². The first-order valence-electron chi connectivity index (χ1n) is 3.66. The molecule has 66 valence electrons. The number of hydrogen-bond donors (Lipinski definition) is 0. The molecule has 3 heteroatoms. The van der Waals surface area contributed by atoms with Crippen molar-refractivity contribution in [1.82, 2.24) is 0 Å². The molecule has 1 unspecified atom stereocenters. The lowest BCUT2D eigenvalue weighted by Crippen LogP contribution is -1.98. The summed E-state index contributed by atoms with van der Waals surface area (Å²) < 4.78 is 14.0. The van der Waals surface area contributed by atoms with Crippen LogP contribution in [-0.2, 0) is 0 Å². The molecule has 0 amide bonds. The summed E-state index contributed by atoms with van der Waals surface area (Å²) in [6.45, 7) is 1.90. The minimum Gasteiger partial charge on any atom is -0.207 e. The molecular formula is C9H9BrClF. The van der Waals surface area contributed by atoms with Crippen LogP contribution in [0, 0.1) is 5.82 Å². The lowest BCUT2D eigenvalue weighted by molar-refractivity contribution is 0.598. The molecule has 0 nitrogen and oxygen atoms in total. The van der Waals surface area contributed by atoms with E-state index in [2.05, 4.69) is 15.9 Å². The van der Waals surface area contributed by atoms with E-state index in [1.54, 1.807) is 6.07 Å². The maximum atomic E-state index is 13.2. The Morgan fingerprint density at radius 1 is 1.58 bits per heavy atom. The average Bonchev–Trinajstić information content (AvgIpc) is 2.03. The molecule has 0 saturated heterocycles. The molecule has 0 aliphatic carbocycles. The summed E-state index contributed by atoms with van der Waals surface area (Å²) in [6.07, 6.45) is 0. The highest BCUT2D eigenvalue weighted by Gasteiger charge is 2.09. The summed E-state index contributed by atoms with van der Waals surface area (Å²) in [4.78, 5) is 0. The third-order valence-electron chi connectivity index (χ3n) is 1.72. The van der Waals surface area contributed by atoms with E-state index in [1.807, 2.05) is 13.0 Å². The summed E-state index contributed by atoms with van der Waals surface area (Å²) in [5.74, 6) is 0.316. The first-order valence-corrected chi connectivity index (χ1v) is 4.99. The summed E-state index contributed by atoms with van der Waals surface area (Å²) in [5, 5.41) is 0. The van der Waals surface area contributed by atoms with Gasteiger partial charge in [0.1, 0.15) is 5.82 Å². The number of halogens is 3. The topological polar surface area (TPSA) is 0 Å². The fraction of sp³-hybridized carbons (Fsp3) is 0.333. The number of rotatable bonds is 2. The van der Waals surface area contributed by atoms with Crippen molar-refractivity contribution in [3.05, 3.63) is 34.1 Å². The molecule has 0 spiro atoms. The molecule has 1 aromatic carbocycles. The van der Waals surface area contributed by atoms with Crippen LogP contribution in [0.4, 0.5) is 4.39 Å². The molecule has 0 aliphatic rings. The second kappa shape index (κ2) is 4.24. The Balaban J connectivity index is 3.01. The SMILES string of the molecule is CC(CCl)c1ccc(Br)cc1F. The third kappa shape index (κ3) is 2.20. The molecule has 0 bridgehead atoms. The Morgan fingerprint density at radius 2 is 2.25 bits per heavy atom. The summed E-state index contributed by atoms with van der Waals surface area (Å²) in [7, 11) is 0. The Labute approximate surface area is 84.9 Å². The van der Waals surface area contributed by atoms with Gasteiger partial charge in [0.2, 0.25) is 0 Å². The van der Waals surface area contributed by atoms with Crippen LogP contribution < -0.4 is 0 Å². The lowest BCUT2D eigenvalue weighted by Gasteiger charge is -2.08. The van der Waals surface area contributed by atoms with Gasteiger partial charge in [-0.25, -0.2) is 4.39 Å². The van der Waals surface area contributed by atoms with Crippen molar-refractivity contribution >= 4 is 27.5 Å². The fourth-order valence-electron chi connectivity index (χ4n) is 0.984. The van der Waals surface area contributed by atoms with E-state index >= 15 is 0 Å². The van der Waals surface area contributed by atoms with Crippen LogP contribution in [0.2, 0.25) is 0 Å². The highest BCUT2D eigenvalue weighted by Crippen LogP contribution is 2.22. The van der Waals surface area contributed by atoms with E-state index in [0.717, 1.165) is 4.47 Å². The van der Waals surface area contributed by atoms with Gasteiger partial charge in [-0.1, -0.05) is 28.9 Å². The van der Waals surface area contributed by atoms with E-state index in [9.17, 15) is 4.39 Å². The van der Waals surface area contributed by atoms with Gasteiger partial charge < -0.3 is 0 Å². The number of alkyl halides is 1. The molecule has 0 N–H and O–H groups in total. The predicted octanol–water partition coefficient (Wildman–Crippen LogP) is 3.93. The maximum Gasteiger partial charge on any atom is 0.127 e. The van der Waals surface area contributed by atoms with E-state index < -0.39 is 0 Å². The van der Waals surface area contributed by atoms with Crippen molar-refractivity contribution in [2.45, 2.75) is 12.8 Å². The van der Waals surface area contributed by atoms with Crippen molar-refractivity contribution in [3.8, 4) is 0 Å². The summed E-state index contributed by atoms with van der Waals surface area (Å²) in [6, 6.07) is 5.03. The normalized spacial score (nSPS) is 13.0. The largest absolute Gasteiger partial charge is 0.207 e. The van der Waals surface area contributed by atoms with Gasteiger partial charge in [-0.2, -0.15) is 0 Å². The van der Waals surface area contributed by atoms with E-state index in [0.29, 0.717) is 11.4 Å². The van der Waals surface area contributed by atoms with Crippen LogP contribution in [0.15, 0.2) is 22.7 Å². The first kappa shape index (κ1) is 10.0. The van der Waals surface area contributed by atoms with Gasteiger partial charge in [-0.15, -0.1) is 11.6 Å². The maximum absolute atomic E-state index is 13.2. The highest BCUT2D eigenvalue weighted by molar-refractivity contribution is 9.10. The third-order valence-corrected chi connectivity index (χ3v) is 2.68. The molecule has 0 aromatic heterocycles. The second-order valence-corrected chi connectivity index (χ2v) is 3.95. The van der Waals surface area contributed by atoms with Crippen LogP contribution in [0.1, 0.15) is 18.4 Å². The van der Waals surface area contributed by atoms with Crippen LogP contribution in [-0.4, -0.2) is 5.88 Å². The van der Waals surface area contributed by atoms with Crippen LogP contribution >= 0.6 is 27.5 Å². The zero-order chi connectivity index (χ0) is 9.14. The van der Waals surface area contributed by atoms with Gasteiger partial charge in [0.25, 0.3) is 0 Å². The molecule has 1 atom stereocenters. The second-order valence-electron chi connectivity index (χ2n) is 2.72.